The van der Waals surface area contributed by atoms with Gasteiger partial charge in [-0.15, -0.1) is 0 Å². The van der Waals surface area contributed by atoms with Gasteiger partial charge in [0.1, 0.15) is 0 Å². The predicted octanol–water partition coefficient (Wildman–Crippen LogP) is -1.80. The molecule has 3 atom stereocenters. The minimum absolute atomic E-state index is 0.0735. The Labute approximate surface area is 194 Å². The summed E-state index contributed by atoms with van der Waals surface area (Å²) < 4.78 is 26.0. The van der Waals surface area contributed by atoms with Gasteiger partial charge >= 0.3 is 195 Å². The monoisotopic (exact) mass is 554 g/mol. The molecule has 5 rings (SSSR count). The van der Waals surface area contributed by atoms with Crippen molar-refractivity contribution < 1.29 is 30.3 Å². The topological polar surface area (TPSA) is 73.8 Å². The van der Waals surface area contributed by atoms with Crippen LogP contribution in [-0.2, 0) is 24.9 Å². The van der Waals surface area contributed by atoms with E-state index < -0.39 is 5.69 Å². The zero-order chi connectivity index (χ0) is 22.2. The van der Waals surface area contributed by atoms with Crippen molar-refractivity contribution in [3.05, 3.63) is 69.0 Å². The van der Waals surface area contributed by atoms with Crippen LogP contribution in [0.1, 0.15) is 24.8 Å². The van der Waals surface area contributed by atoms with Gasteiger partial charge in [0, 0.05) is 0 Å². The van der Waals surface area contributed by atoms with E-state index in [4.69, 9.17) is 4.74 Å². The molecule has 1 aromatic carbocycles. The Bertz CT molecular complexity index is 1220. The summed E-state index contributed by atoms with van der Waals surface area (Å²) in [6, 6.07) is 7.26. The second kappa shape index (κ2) is 9.06. The van der Waals surface area contributed by atoms with E-state index in [1.54, 1.807) is 36.1 Å². The van der Waals surface area contributed by atoms with Crippen LogP contribution in [0.3, 0.4) is 0 Å². The van der Waals surface area contributed by atoms with Gasteiger partial charge in [-0.05, 0) is 0 Å². The molecule has 2 aromatic heterocycles. The van der Waals surface area contributed by atoms with Crippen LogP contribution in [-0.4, -0.2) is 50.6 Å². The molecular formula is C22H26FIN5O3-. The molecule has 0 radical (unpaired) electrons. The molecule has 2 fully saturated rings. The maximum absolute atomic E-state index is 13.9. The van der Waals surface area contributed by atoms with Crippen molar-refractivity contribution in [1.82, 2.24) is 23.4 Å². The number of alkyl halides is 2. The van der Waals surface area contributed by atoms with Gasteiger partial charge in [0.2, 0.25) is 0 Å². The van der Waals surface area contributed by atoms with Crippen molar-refractivity contribution in [3.63, 3.8) is 0 Å². The van der Waals surface area contributed by atoms with Crippen LogP contribution >= 0.6 is 0 Å². The van der Waals surface area contributed by atoms with Gasteiger partial charge in [0.05, 0.1) is 0 Å². The molecule has 8 nitrogen and oxygen atoms in total. The number of benzene rings is 1. The molecule has 4 heterocycles. The molecule has 0 spiro atoms. The first-order valence-electron chi connectivity index (χ1n) is 10.8. The summed E-state index contributed by atoms with van der Waals surface area (Å²) in [7, 11) is 1.76. The fourth-order valence-electron chi connectivity index (χ4n) is 4.62. The van der Waals surface area contributed by atoms with Gasteiger partial charge in [-0.25, -0.2) is 0 Å². The molecule has 3 aromatic rings. The SMILES string of the molecule is Cn1ccn2c(=O)n(CCCN3C4C[I-]C3CC(OCc3ccccc3F)C4)c(=O)nc12. The van der Waals surface area contributed by atoms with Crippen LogP contribution in [0, 0.1) is 5.82 Å². The Kier molecular flexibility index (Phi) is 6.17. The Balaban J connectivity index is 1.18. The van der Waals surface area contributed by atoms with Crippen LogP contribution in [0.15, 0.2) is 46.2 Å². The summed E-state index contributed by atoms with van der Waals surface area (Å²) in [5.74, 6) is 0.145. The number of piperidine rings is 1. The van der Waals surface area contributed by atoms with Gasteiger partial charge in [0.25, 0.3) is 0 Å². The summed E-state index contributed by atoms with van der Waals surface area (Å²) in [6.45, 7) is 1.54. The van der Waals surface area contributed by atoms with E-state index in [1.165, 1.54) is 19.5 Å². The molecule has 0 amide bonds. The van der Waals surface area contributed by atoms with Gasteiger partial charge in [-0.3, -0.25) is 0 Å². The molecule has 0 saturated carbocycles. The number of aryl methyl sites for hydroxylation is 1. The summed E-state index contributed by atoms with van der Waals surface area (Å²) in [5.41, 5.74) is -0.221. The van der Waals surface area contributed by atoms with Gasteiger partial charge in [-0.2, -0.15) is 0 Å². The number of rotatable bonds is 7. The summed E-state index contributed by atoms with van der Waals surface area (Å²) in [5, 5.41) is 0. The molecule has 0 N–H and O–H groups in total. The fourth-order valence-corrected chi connectivity index (χ4v) is 8.82. The van der Waals surface area contributed by atoms with E-state index in [1.807, 2.05) is 6.07 Å². The maximum atomic E-state index is 13.9. The number of imidazole rings is 1. The van der Waals surface area contributed by atoms with Gasteiger partial charge in [-0.1, -0.05) is 0 Å². The number of hydrogen-bond donors (Lipinski definition) is 0. The Morgan fingerprint density at radius 2 is 2.03 bits per heavy atom. The molecule has 2 aliphatic rings. The van der Waals surface area contributed by atoms with Crippen LogP contribution in [0.25, 0.3) is 5.78 Å². The third-order valence-corrected chi connectivity index (χ3v) is 10.1. The van der Waals surface area contributed by atoms with Gasteiger partial charge < -0.3 is 0 Å². The summed E-state index contributed by atoms with van der Waals surface area (Å²) in [4.78, 5) is 31.6. The van der Waals surface area contributed by atoms with Crippen LogP contribution in [0.5, 0.6) is 0 Å². The molecule has 3 unspecified atom stereocenters. The number of aromatic nitrogens is 4. The molecule has 2 bridgehead atoms. The zero-order valence-electron chi connectivity index (χ0n) is 17.9. The van der Waals surface area contributed by atoms with Crippen molar-refractivity contribution in [3.8, 4) is 0 Å². The average Bonchev–Trinajstić information content (AvgIpc) is 3.25. The van der Waals surface area contributed by atoms with E-state index in [9.17, 15) is 14.0 Å². The molecular weight excluding hydrogens is 528 g/mol. The molecule has 172 valence electrons. The number of halogens is 2. The molecule has 2 saturated heterocycles. The fraction of sp³-hybridized carbons (Fsp3) is 0.500. The normalized spacial score (nSPS) is 23.5. The van der Waals surface area contributed by atoms with Crippen LogP contribution in [0.2, 0.25) is 0 Å². The molecule has 10 heteroatoms. The summed E-state index contributed by atoms with van der Waals surface area (Å²) >= 11 is 0.0735. The first-order chi connectivity index (χ1) is 15.5. The van der Waals surface area contributed by atoms with Crippen molar-refractivity contribution in [2.75, 3.05) is 11.0 Å². The minimum atomic E-state index is -0.493. The van der Waals surface area contributed by atoms with Crippen LogP contribution < -0.4 is 32.6 Å². The molecule has 2 aliphatic heterocycles. The summed E-state index contributed by atoms with van der Waals surface area (Å²) in [6.07, 6.45) is 6.20. The number of ether oxygens (including phenoxy) is 1. The van der Waals surface area contributed by atoms with Crippen molar-refractivity contribution in [2.45, 2.75) is 48.6 Å². The van der Waals surface area contributed by atoms with Crippen molar-refractivity contribution >= 4 is 5.78 Å². The number of nitrogens with zero attached hydrogens (tertiary/aromatic N) is 5. The van der Waals surface area contributed by atoms with Crippen molar-refractivity contribution in [1.29, 1.82) is 0 Å². The first-order valence-corrected chi connectivity index (χ1v) is 13.6. The van der Waals surface area contributed by atoms with E-state index in [-0.39, 0.29) is 38.8 Å². The Hall–Kier alpha value is -2.05. The number of fused-ring (bicyclic) bond motifs is 3. The van der Waals surface area contributed by atoms with E-state index >= 15 is 0 Å². The third-order valence-electron chi connectivity index (χ3n) is 6.33. The Morgan fingerprint density at radius 3 is 2.84 bits per heavy atom. The third kappa shape index (κ3) is 4.15. The standard InChI is InChI=1S/C22H26FIN5O3/c1-26-9-10-28-20(26)25-21(30)29(22(28)31)8-4-7-27-16-11-17(12-19(27)24-13-16)32-14-15-5-2-3-6-18(15)23/h2-3,5-6,9-10,16-17,19H,4,7-8,11-14H2,1H3/q-1. The predicted molar refractivity (Wildman–Crippen MR) is 113 cm³/mol. The Morgan fingerprint density at radius 1 is 1.19 bits per heavy atom. The van der Waals surface area contributed by atoms with Crippen LogP contribution in [0.4, 0.5) is 4.39 Å². The second-order valence-electron chi connectivity index (χ2n) is 8.39. The second-order valence-corrected chi connectivity index (χ2v) is 11.6. The molecule has 0 aliphatic carbocycles. The molecule has 32 heavy (non-hydrogen) atoms. The zero-order valence-corrected chi connectivity index (χ0v) is 20.0. The van der Waals surface area contributed by atoms with E-state index in [2.05, 4.69) is 9.88 Å². The average molecular weight is 554 g/mol. The quantitative estimate of drug-likeness (QED) is 0.196. The van der Waals surface area contributed by atoms with E-state index in [0.29, 0.717) is 34.6 Å². The van der Waals surface area contributed by atoms with Gasteiger partial charge in [0.15, 0.2) is 0 Å². The van der Waals surface area contributed by atoms with Crippen molar-refractivity contribution in [2.24, 2.45) is 7.05 Å². The van der Waals surface area contributed by atoms with E-state index in [0.717, 1.165) is 25.8 Å². The number of hydrogen-bond acceptors (Lipinski definition) is 5. The first kappa shape index (κ1) is 21.8.